The van der Waals surface area contributed by atoms with E-state index in [9.17, 15) is 9.59 Å². The van der Waals surface area contributed by atoms with Gasteiger partial charge in [-0.1, -0.05) is 18.5 Å². The van der Waals surface area contributed by atoms with Crippen molar-refractivity contribution in [3.8, 4) is 0 Å². The Hall–Kier alpha value is -1.96. The minimum Gasteiger partial charge on any atom is -0.341 e. The molecule has 2 N–H and O–H groups in total. The van der Waals surface area contributed by atoms with Gasteiger partial charge >= 0.3 is 0 Å². The molecular formula is C20H25ClN4O2S. The van der Waals surface area contributed by atoms with E-state index in [4.69, 9.17) is 11.6 Å². The van der Waals surface area contributed by atoms with Crippen molar-refractivity contribution in [2.75, 3.05) is 18.4 Å². The van der Waals surface area contributed by atoms with Crippen LogP contribution in [0, 0.1) is 5.92 Å². The maximum Gasteiger partial charge on any atom is 0.251 e. The maximum absolute atomic E-state index is 12.4. The molecule has 28 heavy (non-hydrogen) atoms. The molecule has 0 spiro atoms. The number of carbonyl (C=O) groups excluding carboxylic acids is 2. The number of hydrogen-bond acceptors (Lipinski definition) is 5. The average Bonchev–Trinajstić information content (AvgIpc) is 3.10. The van der Waals surface area contributed by atoms with Crippen molar-refractivity contribution in [3.05, 3.63) is 45.9 Å². The van der Waals surface area contributed by atoms with Crippen LogP contribution in [0.4, 0.5) is 5.13 Å². The summed E-state index contributed by atoms with van der Waals surface area (Å²) in [6, 6.07) is 5.84. The van der Waals surface area contributed by atoms with Gasteiger partial charge in [0, 0.05) is 22.5 Å². The van der Waals surface area contributed by atoms with Crippen molar-refractivity contribution in [1.82, 2.24) is 15.2 Å². The molecule has 1 aromatic heterocycles. The third-order valence-electron chi connectivity index (χ3n) is 4.89. The second-order valence-electron chi connectivity index (χ2n) is 7.29. The molecule has 1 fully saturated rings. The molecule has 0 aliphatic carbocycles. The van der Waals surface area contributed by atoms with Gasteiger partial charge in [0.1, 0.15) is 6.04 Å². The van der Waals surface area contributed by atoms with Gasteiger partial charge in [0.2, 0.25) is 5.91 Å². The Morgan fingerprint density at radius 2 is 1.96 bits per heavy atom. The number of nitrogens with one attached hydrogen (secondary N) is 2. The zero-order valence-corrected chi connectivity index (χ0v) is 17.6. The highest BCUT2D eigenvalue weighted by Gasteiger charge is 2.19. The van der Waals surface area contributed by atoms with Crippen LogP contribution in [0.5, 0.6) is 0 Å². The molecule has 0 unspecified atom stereocenters. The monoisotopic (exact) mass is 420 g/mol. The first kappa shape index (κ1) is 20.8. The first-order valence-corrected chi connectivity index (χ1v) is 10.7. The van der Waals surface area contributed by atoms with Crippen LogP contribution in [0.25, 0.3) is 0 Å². The van der Waals surface area contributed by atoms with Crippen LogP contribution in [0.15, 0.2) is 29.6 Å². The molecular weight excluding hydrogens is 396 g/mol. The van der Waals surface area contributed by atoms with E-state index in [1.54, 1.807) is 31.2 Å². The Labute approximate surface area is 174 Å². The SMILES string of the molecule is CC1CCN(Cc2csc(NC(=O)[C@H](C)NC(=O)c3ccc(Cl)cc3)n2)CC1. The Morgan fingerprint density at radius 3 is 2.64 bits per heavy atom. The number of rotatable bonds is 6. The minimum absolute atomic E-state index is 0.296. The van der Waals surface area contributed by atoms with Crippen LogP contribution in [-0.2, 0) is 11.3 Å². The Kier molecular flexibility index (Phi) is 7.04. The first-order chi connectivity index (χ1) is 13.4. The number of aromatic nitrogens is 1. The topological polar surface area (TPSA) is 74.3 Å². The van der Waals surface area contributed by atoms with E-state index in [1.165, 1.54) is 24.2 Å². The van der Waals surface area contributed by atoms with E-state index in [0.29, 0.717) is 15.7 Å². The van der Waals surface area contributed by atoms with E-state index in [1.807, 2.05) is 5.38 Å². The second kappa shape index (κ2) is 9.49. The molecule has 1 aliphatic rings. The molecule has 6 nitrogen and oxygen atoms in total. The van der Waals surface area contributed by atoms with E-state index in [0.717, 1.165) is 31.2 Å². The lowest BCUT2D eigenvalue weighted by Gasteiger charge is -2.29. The molecule has 1 saturated heterocycles. The smallest absolute Gasteiger partial charge is 0.251 e. The molecule has 2 amide bonds. The molecule has 2 heterocycles. The number of piperidine rings is 1. The number of nitrogens with zero attached hydrogens (tertiary/aromatic N) is 2. The number of amides is 2. The third-order valence-corrected chi connectivity index (χ3v) is 5.95. The fourth-order valence-electron chi connectivity index (χ4n) is 3.05. The lowest BCUT2D eigenvalue weighted by Crippen LogP contribution is -2.41. The van der Waals surface area contributed by atoms with E-state index < -0.39 is 6.04 Å². The molecule has 1 aliphatic heterocycles. The Morgan fingerprint density at radius 1 is 1.29 bits per heavy atom. The van der Waals surface area contributed by atoms with Gasteiger partial charge in [0.25, 0.3) is 5.91 Å². The normalized spacial score (nSPS) is 16.5. The minimum atomic E-state index is -0.681. The van der Waals surface area contributed by atoms with Gasteiger partial charge < -0.3 is 10.6 Å². The van der Waals surface area contributed by atoms with Crippen LogP contribution in [0.3, 0.4) is 0 Å². The number of halogens is 1. The third kappa shape index (κ3) is 5.77. The number of anilines is 1. The van der Waals surface area contributed by atoms with E-state index in [-0.39, 0.29) is 11.8 Å². The Balaban J connectivity index is 1.49. The predicted molar refractivity (Wildman–Crippen MR) is 113 cm³/mol. The maximum atomic E-state index is 12.4. The summed E-state index contributed by atoms with van der Waals surface area (Å²) in [6.45, 7) is 6.93. The zero-order chi connectivity index (χ0) is 20.1. The van der Waals surface area contributed by atoms with Gasteiger partial charge in [-0.25, -0.2) is 4.98 Å². The lowest BCUT2D eigenvalue weighted by molar-refractivity contribution is -0.117. The summed E-state index contributed by atoms with van der Waals surface area (Å²) in [7, 11) is 0. The number of likely N-dealkylation sites (tertiary alicyclic amines) is 1. The fraction of sp³-hybridized carbons (Fsp3) is 0.450. The molecule has 0 saturated carbocycles. The molecule has 1 aromatic carbocycles. The predicted octanol–water partition coefficient (Wildman–Crippen LogP) is 3.79. The second-order valence-corrected chi connectivity index (χ2v) is 8.59. The molecule has 8 heteroatoms. The molecule has 2 aromatic rings. The zero-order valence-electron chi connectivity index (χ0n) is 16.1. The summed E-state index contributed by atoms with van der Waals surface area (Å²) in [5.41, 5.74) is 1.42. The van der Waals surface area contributed by atoms with Crippen molar-refractivity contribution in [2.45, 2.75) is 39.3 Å². The van der Waals surface area contributed by atoms with Crippen LogP contribution in [-0.4, -0.2) is 40.8 Å². The van der Waals surface area contributed by atoms with Gasteiger partial charge in [0.05, 0.1) is 5.69 Å². The van der Waals surface area contributed by atoms with Crippen molar-refractivity contribution in [2.24, 2.45) is 5.92 Å². The summed E-state index contributed by atoms with van der Waals surface area (Å²) in [4.78, 5) is 31.5. The van der Waals surface area contributed by atoms with Gasteiger partial charge in [-0.05, 0) is 63.0 Å². The van der Waals surface area contributed by atoms with Crippen molar-refractivity contribution in [1.29, 1.82) is 0 Å². The van der Waals surface area contributed by atoms with Crippen LogP contribution < -0.4 is 10.6 Å². The molecule has 3 rings (SSSR count). The highest BCUT2D eigenvalue weighted by Crippen LogP contribution is 2.21. The average molecular weight is 421 g/mol. The first-order valence-electron chi connectivity index (χ1n) is 9.45. The summed E-state index contributed by atoms with van der Waals surface area (Å²) in [5, 5.41) is 8.56. The fourth-order valence-corrected chi connectivity index (χ4v) is 3.88. The van der Waals surface area contributed by atoms with Crippen molar-refractivity contribution < 1.29 is 9.59 Å². The number of carbonyl (C=O) groups is 2. The van der Waals surface area contributed by atoms with Gasteiger partial charge in [-0.15, -0.1) is 11.3 Å². The standard InChI is InChI=1S/C20H25ClN4O2S/c1-13-7-9-25(10-8-13)11-17-12-28-20(23-17)24-18(26)14(2)22-19(27)15-3-5-16(21)6-4-15/h3-6,12-14H,7-11H2,1-2H3,(H,22,27)(H,23,24,26)/t14-/m0/s1. The van der Waals surface area contributed by atoms with E-state index >= 15 is 0 Å². The van der Waals surface area contributed by atoms with E-state index in [2.05, 4.69) is 27.4 Å². The summed E-state index contributed by atoms with van der Waals surface area (Å²) in [6.07, 6.45) is 2.44. The molecule has 150 valence electrons. The van der Waals surface area contributed by atoms with Crippen LogP contribution in [0.1, 0.15) is 42.7 Å². The quantitative estimate of drug-likeness (QED) is 0.745. The number of benzene rings is 1. The van der Waals surface area contributed by atoms with Crippen LogP contribution in [0.2, 0.25) is 5.02 Å². The molecule has 0 radical (unpaired) electrons. The Bertz CT molecular complexity index is 816. The number of hydrogen-bond donors (Lipinski definition) is 2. The highest BCUT2D eigenvalue weighted by molar-refractivity contribution is 7.13. The van der Waals surface area contributed by atoms with Crippen molar-refractivity contribution >= 4 is 39.9 Å². The van der Waals surface area contributed by atoms with Crippen LogP contribution >= 0.6 is 22.9 Å². The molecule has 1 atom stereocenters. The summed E-state index contributed by atoms with van der Waals surface area (Å²) < 4.78 is 0. The summed E-state index contributed by atoms with van der Waals surface area (Å²) in [5.74, 6) is 0.180. The highest BCUT2D eigenvalue weighted by atomic mass is 35.5. The van der Waals surface area contributed by atoms with Gasteiger partial charge in [-0.3, -0.25) is 14.5 Å². The number of thiazole rings is 1. The largest absolute Gasteiger partial charge is 0.341 e. The molecule has 0 bridgehead atoms. The van der Waals surface area contributed by atoms with Gasteiger partial charge in [-0.2, -0.15) is 0 Å². The lowest BCUT2D eigenvalue weighted by atomic mass is 9.99. The van der Waals surface area contributed by atoms with Gasteiger partial charge in [0.15, 0.2) is 5.13 Å². The summed E-state index contributed by atoms with van der Waals surface area (Å²) >= 11 is 7.23. The van der Waals surface area contributed by atoms with Crippen molar-refractivity contribution in [3.63, 3.8) is 0 Å².